The van der Waals surface area contributed by atoms with Crippen LogP contribution in [0.1, 0.15) is 26.5 Å². The predicted octanol–water partition coefficient (Wildman–Crippen LogP) is 2.30. The lowest BCUT2D eigenvalue weighted by atomic mass is 10.2. The average molecular weight is 463 g/mol. The summed E-state index contributed by atoms with van der Waals surface area (Å²) in [5, 5.41) is 29.3. The first-order valence-corrected chi connectivity index (χ1v) is 10.7. The van der Waals surface area contributed by atoms with E-state index in [1.54, 1.807) is 0 Å². The highest BCUT2D eigenvalue weighted by Crippen LogP contribution is 2.33. The van der Waals surface area contributed by atoms with Gasteiger partial charge in [0.15, 0.2) is 22.0 Å². The molecule has 0 atom stereocenters. The van der Waals surface area contributed by atoms with Gasteiger partial charge >= 0.3 is 11.9 Å². The summed E-state index contributed by atoms with van der Waals surface area (Å²) in [6.45, 7) is 1.51. The number of aryl methyl sites for hydroxylation is 1. The number of aromatic carboxylic acids is 2. The number of nitrogens with one attached hydrogen (secondary N) is 2. The molecule has 0 spiro atoms. The normalized spacial score (nSPS) is 12.3. The number of aromatic amines is 1. The van der Waals surface area contributed by atoms with Crippen LogP contribution in [0.4, 0.5) is 10.7 Å². The van der Waals surface area contributed by atoms with Gasteiger partial charge in [-0.2, -0.15) is 4.37 Å². The van der Waals surface area contributed by atoms with Crippen LogP contribution in [0.3, 0.4) is 0 Å². The Hall–Kier alpha value is -3.69. The first kappa shape index (κ1) is 20.6. The number of H-pyrrole nitrogens is 1. The van der Waals surface area contributed by atoms with Gasteiger partial charge < -0.3 is 10.2 Å². The highest BCUT2D eigenvalue weighted by atomic mass is 32.2. The van der Waals surface area contributed by atoms with Crippen molar-refractivity contribution in [1.29, 1.82) is 0 Å². The lowest BCUT2D eigenvalue weighted by Crippen LogP contribution is -2.18. The first-order valence-electron chi connectivity index (χ1n) is 8.46. The summed E-state index contributed by atoms with van der Waals surface area (Å²) in [4.78, 5) is 27.4. The van der Waals surface area contributed by atoms with Crippen molar-refractivity contribution in [2.24, 2.45) is 10.2 Å². The van der Waals surface area contributed by atoms with Crippen molar-refractivity contribution in [2.75, 3.05) is 7.05 Å². The van der Waals surface area contributed by atoms with E-state index in [9.17, 15) is 28.2 Å². The number of imidazole rings is 1. The van der Waals surface area contributed by atoms with Crippen LogP contribution in [0.5, 0.6) is 0 Å². The van der Waals surface area contributed by atoms with E-state index in [1.165, 1.54) is 36.7 Å². The largest absolute Gasteiger partial charge is 0.478 e. The monoisotopic (exact) mass is 463 g/mol. The molecule has 4 N–H and O–H groups in total. The van der Waals surface area contributed by atoms with E-state index in [2.05, 4.69) is 29.4 Å². The van der Waals surface area contributed by atoms with E-state index < -0.39 is 22.0 Å². The van der Waals surface area contributed by atoms with E-state index in [0.717, 1.165) is 11.5 Å². The molecule has 0 aliphatic heterocycles. The number of carbonyl (C=O) groups is 2. The number of azo groups is 1. The molecule has 31 heavy (non-hydrogen) atoms. The molecule has 3 heterocycles. The molecule has 0 aliphatic carbocycles. The fraction of sp³-hybridized carbons (Fsp3) is 0.125. The molecule has 0 radical (unpaired) electrons. The second-order valence-electron chi connectivity index (χ2n) is 6.22. The number of aromatic nitrogens is 4. The second-order valence-corrected chi connectivity index (χ2v) is 8.86. The summed E-state index contributed by atoms with van der Waals surface area (Å²) in [7, 11) is -2.47. The molecule has 13 nitrogen and oxygen atoms in total. The van der Waals surface area contributed by atoms with Crippen molar-refractivity contribution in [3.05, 3.63) is 35.2 Å². The number of fused-ring (bicyclic) bond motifs is 3. The summed E-state index contributed by atoms with van der Waals surface area (Å²) in [6.07, 6.45) is 0. The molecule has 0 fully saturated rings. The summed E-state index contributed by atoms with van der Waals surface area (Å²) >= 11 is 0.808. The summed E-state index contributed by atoms with van der Waals surface area (Å²) < 4.78 is 31.6. The molecule has 15 heteroatoms. The number of sulfonamides is 1. The summed E-state index contributed by atoms with van der Waals surface area (Å²) in [5.41, 5.74) is 0.386. The second kappa shape index (κ2) is 7.22. The standard InChI is InChI=1S/C16H13N7O6S2/c1-6-10(15(24)25)14(30-22-6)20-19-11-12(16(26)27)21-23-9-5-7(31(28,29)17-2)3-4-8(9)18-13(11)23/h3-5,17,21H,1-2H3,(H,24,25)(H,26,27). The third-order valence-corrected chi connectivity index (χ3v) is 6.63. The Morgan fingerprint density at radius 2 is 1.97 bits per heavy atom. The van der Waals surface area contributed by atoms with Gasteiger partial charge in [-0.15, -0.1) is 10.2 Å². The quantitative estimate of drug-likeness (QED) is 0.313. The van der Waals surface area contributed by atoms with Crippen LogP contribution in [0, 0.1) is 6.92 Å². The number of nitrogens with zero attached hydrogens (tertiary/aromatic N) is 5. The third-order valence-electron chi connectivity index (χ3n) is 4.39. The van der Waals surface area contributed by atoms with Gasteiger partial charge in [0.25, 0.3) is 0 Å². The number of hydrogen-bond acceptors (Lipinski definition) is 9. The lowest BCUT2D eigenvalue weighted by Gasteiger charge is -2.01. The number of carboxylic acids is 2. The molecule has 0 amide bonds. The van der Waals surface area contributed by atoms with Crippen LogP contribution in [0.15, 0.2) is 33.3 Å². The SMILES string of the molecule is CNS(=O)(=O)c1ccc2nc3c(N=Nc4snc(C)c4C(=O)O)c(C(=O)O)[nH]n3c2c1. The smallest absolute Gasteiger partial charge is 0.356 e. The zero-order chi connectivity index (χ0) is 22.5. The van der Waals surface area contributed by atoms with Gasteiger partial charge in [-0.05, 0) is 43.7 Å². The first-order chi connectivity index (χ1) is 14.6. The Balaban J connectivity index is 1.93. The van der Waals surface area contributed by atoms with Gasteiger partial charge in [-0.3, -0.25) is 5.10 Å². The average Bonchev–Trinajstić information content (AvgIpc) is 3.37. The highest BCUT2D eigenvalue weighted by Gasteiger charge is 2.23. The van der Waals surface area contributed by atoms with Gasteiger partial charge in [0.1, 0.15) is 5.56 Å². The van der Waals surface area contributed by atoms with Crippen LogP contribution in [-0.2, 0) is 10.0 Å². The van der Waals surface area contributed by atoms with Crippen LogP contribution in [0.2, 0.25) is 0 Å². The summed E-state index contributed by atoms with van der Waals surface area (Å²) in [5.74, 6) is -2.59. The zero-order valence-electron chi connectivity index (χ0n) is 15.8. The zero-order valence-corrected chi connectivity index (χ0v) is 17.4. The molecule has 0 saturated heterocycles. The minimum absolute atomic E-state index is 0.000741. The molecule has 0 aliphatic rings. The fourth-order valence-electron chi connectivity index (χ4n) is 2.90. The van der Waals surface area contributed by atoms with Gasteiger partial charge in [-0.1, -0.05) is 0 Å². The molecular formula is C16H13N7O6S2. The minimum atomic E-state index is -3.74. The number of carboxylic acid groups (broad SMARTS) is 2. The van der Waals surface area contributed by atoms with E-state index >= 15 is 0 Å². The number of benzene rings is 1. The fourth-order valence-corrected chi connectivity index (χ4v) is 4.37. The van der Waals surface area contributed by atoms with Gasteiger partial charge in [0, 0.05) is 0 Å². The van der Waals surface area contributed by atoms with E-state index in [1.807, 2.05) is 0 Å². The molecule has 160 valence electrons. The summed E-state index contributed by atoms with van der Waals surface area (Å²) in [6, 6.07) is 4.16. The predicted molar refractivity (Wildman–Crippen MR) is 108 cm³/mol. The topological polar surface area (TPSA) is 191 Å². The van der Waals surface area contributed by atoms with Crippen LogP contribution >= 0.6 is 11.5 Å². The third kappa shape index (κ3) is 3.33. The van der Waals surface area contributed by atoms with Crippen molar-refractivity contribution in [3.8, 4) is 0 Å². The van der Waals surface area contributed by atoms with Crippen molar-refractivity contribution in [1.82, 2.24) is 23.7 Å². The van der Waals surface area contributed by atoms with E-state index in [4.69, 9.17) is 0 Å². The van der Waals surface area contributed by atoms with Crippen LogP contribution < -0.4 is 4.72 Å². The van der Waals surface area contributed by atoms with E-state index in [-0.39, 0.29) is 38.2 Å². The lowest BCUT2D eigenvalue weighted by molar-refractivity contribution is 0.0682. The number of hydrogen-bond donors (Lipinski definition) is 4. The Morgan fingerprint density at radius 3 is 2.61 bits per heavy atom. The van der Waals surface area contributed by atoms with Crippen LogP contribution in [-0.4, -0.2) is 56.6 Å². The van der Waals surface area contributed by atoms with Crippen molar-refractivity contribution >= 4 is 60.9 Å². The molecule has 1 aromatic carbocycles. The maximum Gasteiger partial charge on any atom is 0.356 e. The maximum absolute atomic E-state index is 12.1. The Kier molecular flexibility index (Phi) is 4.79. The highest BCUT2D eigenvalue weighted by molar-refractivity contribution is 7.89. The van der Waals surface area contributed by atoms with Gasteiger partial charge in [0.2, 0.25) is 10.0 Å². The van der Waals surface area contributed by atoms with Crippen LogP contribution in [0.25, 0.3) is 16.7 Å². The molecule has 0 saturated carbocycles. The molecule has 4 rings (SSSR count). The van der Waals surface area contributed by atoms with Crippen molar-refractivity contribution < 1.29 is 28.2 Å². The Labute approximate surface area is 177 Å². The molecule has 4 aromatic rings. The Morgan fingerprint density at radius 1 is 1.23 bits per heavy atom. The maximum atomic E-state index is 12.1. The minimum Gasteiger partial charge on any atom is -0.478 e. The Bertz CT molecular complexity index is 1510. The van der Waals surface area contributed by atoms with Gasteiger partial charge in [0.05, 0.1) is 21.6 Å². The molecule has 3 aromatic heterocycles. The molecular weight excluding hydrogens is 450 g/mol. The molecule has 0 unspecified atom stereocenters. The van der Waals surface area contributed by atoms with E-state index in [0.29, 0.717) is 11.0 Å². The van der Waals surface area contributed by atoms with Crippen molar-refractivity contribution in [2.45, 2.75) is 11.8 Å². The number of rotatable bonds is 6. The molecule has 0 bridgehead atoms. The van der Waals surface area contributed by atoms with Crippen molar-refractivity contribution in [3.63, 3.8) is 0 Å². The van der Waals surface area contributed by atoms with Gasteiger partial charge in [-0.25, -0.2) is 32.2 Å².